The predicted molar refractivity (Wildman–Crippen MR) is 78.3 cm³/mol. The molecule has 0 spiro atoms. The first kappa shape index (κ1) is 11.6. The largest absolute Gasteiger partial charge is 0.348 e. The van der Waals surface area contributed by atoms with E-state index in [2.05, 4.69) is 20.1 Å². The lowest BCUT2D eigenvalue weighted by molar-refractivity contribution is 0.938. The minimum Gasteiger partial charge on any atom is -0.348 e. The van der Waals surface area contributed by atoms with Gasteiger partial charge in [-0.1, -0.05) is 11.3 Å². The van der Waals surface area contributed by atoms with Crippen LogP contribution in [0.15, 0.2) is 0 Å². The average molecular weight is 293 g/mol. The molecular weight excluding hydrogens is 278 g/mol. The molecule has 0 aromatic carbocycles. The summed E-state index contributed by atoms with van der Waals surface area (Å²) < 4.78 is 0.507. The second-order valence-corrected chi connectivity index (χ2v) is 6.56. The molecule has 1 aliphatic heterocycles. The Bertz CT molecular complexity index is 645. The van der Waals surface area contributed by atoms with Crippen LogP contribution in [0.25, 0.3) is 10.7 Å². The fourth-order valence-corrected chi connectivity index (χ4v) is 3.84. The van der Waals surface area contributed by atoms with Crippen LogP contribution in [-0.2, 0) is 0 Å². The van der Waals surface area contributed by atoms with Gasteiger partial charge in [-0.15, -0.1) is 0 Å². The van der Waals surface area contributed by atoms with E-state index in [1.807, 2.05) is 0 Å². The number of nitrogens with one attached hydrogen (secondary N) is 2. The average Bonchev–Trinajstić information content (AvgIpc) is 2.87. The van der Waals surface area contributed by atoms with Gasteiger partial charge >= 0.3 is 0 Å². The first-order valence-corrected chi connectivity index (χ1v) is 7.94. The van der Waals surface area contributed by atoms with Crippen LogP contribution in [0.2, 0.25) is 0 Å². The summed E-state index contributed by atoms with van der Waals surface area (Å²) in [5.74, 6) is 1.47. The molecule has 0 bridgehead atoms. The summed E-state index contributed by atoms with van der Waals surface area (Å²) in [6, 6.07) is 0. The van der Waals surface area contributed by atoms with Crippen molar-refractivity contribution in [2.45, 2.75) is 31.6 Å². The van der Waals surface area contributed by atoms with Crippen LogP contribution < -0.4 is 4.90 Å². The van der Waals surface area contributed by atoms with Crippen LogP contribution in [0, 0.1) is 4.77 Å². The highest BCUT2D eigenvalue weighted by molar-refractivity contribution is 7.71. The molecule has 1 aliphatic carbocycles. The third kappa shape index (κ3) is 2.10. The summed E-state index contributed by atoms with van der Waals surface area (Å²) in [4.78, 5) is 12.8. The minimum atomic E-state index is 0.507. The number of nitrogens with zero attached hydrogens (tertiary/aromatic N) is 3. The summed E-state index contributed by atoms with van der Waals surface area (Å²) in [5, 5.41) is 7.09. The second kappa shape index (κ2) is 4.42. The van der Waals surface area contributed by atoms with Crippen LogP contribution in [0.3, 0.4) is 0 Å². The zero-order chi connectivity index (χ0) is 12.8. The van der Waals surface area contributed by atoms with Crippen molar-refractivity contribution in [2.24, 2.45) is 0 Å². The van der Waals surface area contributed by atoms with E-state index in [4.69, 9.17) is 17.2 Å². The van der Waals surface area contributed by atoms with Crippen molar-refractivity contribution in [1.82, 2.24) is 20.2 Å². The molecule has 100 valence electrons. The highest BCUT2D eigenvalue weighted by atomic mass is 32.1. The second-order valence-electron chi connectivity index (χ2n) is 5.19. The van der Waals surface area contributed by atoms with Crippen molar-refractivity contribution in [3.05, 3.63) is 10.5 Å². The molecule has 0 unspecified atom stereocenters. The first-order chi connectivity index (χ1) is 9.31. The van der Waals surface area contributed by atoms with Gasteiger partial charge in [0, 0.05) is 19.0 Å². The van der Waals surface area contributed by atoms with Gasteiger partial charge in [-0.3, -0.25) is 10.2 Å². The molecule has 1 saturated carbocycles. The zero-order valence-corrected chi connectivity index (χ0v) is 12.1. The number of aromatic amines is 2. The van der Waals surface area contributed by atoms with Gasteiger partial charge in [0.15, 0.2) is 11.0 Å². The van der Waals surface area contributed by atoms with Crippen LogP contribution >= 0.6 is 23.6 Å². The number of aromatic nitrogens is 4. The van der Waals surface area contributed by atoms with E-state index >= 15 is 0 Å². The lowest BCUT2D eigenvalue weighted by Gasteiger charge is -2.12. The monoisotopic (exact) mass is 293 g/mol. The Labute approximate surface area is 120 Å². The van der Waals surface area contributed by atoms with Crippen LogP contribution in [-0.4, -0.2) is 33.3 Å². The number of hydrogen-bond acceptors (Lipinski definition) is 5. The van der Waals surface area contributed by atoms with Crippen molar-refractivity contribution in [2.75, 3.05) is 18.0 Å². The number of anilines is 1. The van der Waals surface area contributed by atoms with E-state index < -0.39 is 0 Å². The van der Waals surface area contributed by atoms with E-state index in [1.165, 1.54) is 31.4 Å². The third-order valence-electron chi connectivity index (χ3n) is 3.70. The molecule has 1 saturated heterocycles. The summed E-state index contributed by atoms with van der Waals surface area (Å²) in [7, 11) is 0. The van der Waals surface area contributed by atoms with Crippen molar-refractivity contribution in [3.63, 3.8) is 0 Å². The lowest BCUT2D eigenvalue weighted by atomic mass is 10.2. The Balaban J connectivity index is 1.77. The van der Waals surface area contributed by atoms with Crippen LogP contribution in [0.4, 0.5) is 5.13 Å². The molecule has 2 aliphatic rings. The molecule has 7 heteroatoms. The molecule has 3 heterocycles. The van der Waals surface area contributed by atoms with Gasteiger partial charge in [0.2, 0.25) is 4.77 Å². The molecule has 2 N–H and O–H groups in total. The lowest BCUT2D eigenvalue weighted by Crippen LogP contribution is -2.17. The van der Waals surface area contributed by atoms with Gasteiger partial charge in [-0.25, -0.2) is 4.98 Å². The Morgan fingerprint density at radius 2 is 1.95 bits per heavy atom. The molecular formula is C12H15N5S2. The number of H-pyrrole nitrogens is 2. The number of thiazole rings is 1. The Kier molecular flexibility index (Phi) is 2.70. The normalized spacial score (nSPS) is 19.3. The van der Waals surface area contributed by atoms with Crippen molar-refractivity contribution < 1.29 is 0 Å². The molecule has 2 aromatic rings. The van der Waals surface area contributed by atoms with E-state index in [0.29, 0.717) is 10.7 Å². The maximum Gasteiger partial charge on any atom is 0.213 e. The molecule has 0 radical (unpaired) electrons. The summed E-state index contributed by atoms with van der Waals surface area (Å²) in [6.07, 6.45) is 5.06. The highest BCUT2D eigenvalue weighted by Gasteiger charge is 2.32. The van der Waals surface area contributed by atoms with Gasteiger partial charge in [-0.05, 0) is 37.9 Å². The summed E-state index contributed by atoms with van der Waals surface area (Å²) in [6.45, 7) is 2.27. The molecule has 0 atom stereocenters. The fraction of sp³-hybridized carbons (Fsp3) is 0.583. The summed E-state index contributed by atoms with van der Waals surface area (Å²) in [5.41, 5.74) is 1.21. The van der Waals surface area contributed by atoms with Crippen molar-refractivity contribution in [1.29, 1.82) is 0 Å². The standard InChI is InChI=1S/C12H15N5S2/c18-11-14-10(15-16-11)9-8(7-3-4-7)13-12(19-9)17-5-1-2-6-17/h7H,1-6H2,(H2,14,15,16,18). The smallest absolute Gasteiger partial charge is 0.213 e. The predicted octanol–water partition coefficient (Wildman–Crippen LogP) is 3.07. The Morgan fingerprint density at radius 3 is 2.58 bits per heavy atom. The van der Waals surface area contributed by atoms with Gasteiger partial charge in [-0.2, -0.15) is 4.98 Å². The molecule has 0 amide bonds. The van der Waals surface area contributed by atoms with Crippen LogP contribution in [0.5, 0.6) is 0 Å². The minimum absolute atomic E-state index is 0.507. The first-order valence-electron chi connectivity index (χ1n) is 6.72. The third-order valence-corrected chi connectivity index (χ3v) is 5.03. The number of rotatable bonds is 3. The summed E-state index contributed by atoms with van der Waals surface area (Å²) >= 11 is 6.79. The van der Waals surface area contributed by atoms with Crippen molar-refractivity contribution in [3.8, 4) is 10.7 Å². The molecule has 2 aromatic heterocycles. The highest BCUT2D eigenvalue weighted by Crippen LogP contribution is 2.47. The Morgan fingerprint density at radius 1 is 1.16 bits per heavy atom. The van der Waals surface area contributed by atoms with Crippen LogP contribution in [0.1, 0.15) is 37.3 Å². The van der Waals surface area contributed by atoms with E-state index in [9.17, 15) is 0 Å². The maximum absolute atomic E-state index is 5.05. The number of hydrogen-bond donors (Lipinski definition) is 2. The van der Waals surface area contributed by atoms with E-state index in [0.717, 1.165) is 28.9 Å². The van der Waals surface area contributed by atoms with E-state index in [-0.39, 0.29) is 0 Å². The van der Waals surface area contributed by atoms with Gasteiger partial charge < -0.3 is 4.90 Å². The molecule has 2 fully saturated rings. The van der Waals surface area contributed by atoms with Gasteiger partial charge in [0.1, 0.15) is 0 Å². The van der Waals surface area contributed by atoms with Gasteiger partial charge in [0.25, 0.3) is 0 Å². The van der Waals surface area contributed by atoms with Crippen molar-refractivity contribution >= 4 is 28.7 Å². The van der Waals surface area contributed by atoms with E-state index in [1.54, 1.807) is 11.3 Å². The zero-order valence-electron chi connectivity index (χ0n) is 10.5. The Hall–Kier alpha value is -1.21. The molecule has 19 heavy (non-hydrogen) atoms. The fourth-order valence-electron chi connectivity index (χ4n) is 2.54. The molecule has 4 rings (SSSR count). The maximum atomic E-state index is 5.05. The SMILES string of the molecule is S=c1nc(-c2sc(N3CCCC3)nc2C2CC2)[nH][nH]1. The van der Waals surface area contributed by atoms with Gasteiger partial charge in [0.05, 0.1) is 10.6 Å². The topological polar surface area (TPSA) is 60.6 Å². The quantitative estimate of drug-likeness (QED) is 0.854. The molecule has 5 nitrogen and oxygen atoms in total.